The first-order valence-corrected chi connectivity index (χ1v) is 7.57. The van der Waals surface area contributed by atoms with E-state index in [9.17, 15) is 14.0 Å². The summed E-state index contributed by atoms with van der Waals surface area (Å²) >= 11 is 0. The molecule has 0 aliphatic heterocycles. The van der Waals surface area contributed by atoms with E-state index in [4.69, 9.17) is 4.74 Å². The van der Waals surface area contributed by atoms with Crippen LogP contribution in [0.3, 0.4) is 0 Å². The quantitative estimate of drug-likeness (QED) is 0.856. The van der Waals surface area contributed by atoms with Gasteiger partial charge in [-0.25, -0.2) is 4.39 Å². The number of hydrogen-bond donors (Lipinski definition) is 2. The lowest BCUT2D eigenvalue weighted by atomic mass is 10.2. The number of nitrogens with one attached hydrogen (secondary N) is 2. The van der Waals surface area contributed by atoms with Gasteiger partial charge in [-0.2, -0.15) is 0 Å². The number of halogens is 1. The second-order valence-corrected chi connectivity index (χ2v) is 5.12. The lowest BCUT2D eigenvalue weighted by Gasteiger charge is -2.11. The first-order chi connectivity index (χ1) is 11.5. The molecule has 0 aliphatic carbocycles. The normalized spacial score (nSPS) is 10.1. The minimum absolute atomic E-state index is 0.198. The van der Waals surface area contributed by atoms with Crippen molar-refractivity contribution in [1.82, 2.24) is 5.32 Å². The van der Waals surface area contributed by atoms with Crippen LogP contribution >= 0.6 is 0 Å². The highest BCUT2D eigenvalue weighted by atomic mass is 19.1. The summed E-state index contributed by atoms with van der Waals surface area (Å²) in [6.07, 6.45) is 0. The van der Waals surface area contributed by atoms with E-state index >= 15 is 0 Å². The Balaban J connectivity index is 1.95. The van der Waals surface area contributed by atoms with Gasteiger partial charge in [0.15, 0.2) is 0 Å². The molecule has 2 aromatic carbocycles. The molecular formula is C18H19FN2O3. The molecule has 0 aliphatic rings. The average Bonchev–Trinajstić information content (AvgIpc) is 2.56. The minimum Gasteiger partial charge on any atom is -0.493 e. The van der Waals surface area contributed by atoms with Crippen molar-refractivity contribution >= 4 is 17.5 Å². The van der Waals surface area contributed by atoms with Crippen molar-refractivity contribution in [3.05, 3.63) is 59.4 Å². The predicted octanol–water partition coefficient (Wildman–Crippen LogP) is 2.90. The molecular weight excluding hydrogens is 311 g/mol. The number of aryl methyl sites for hydroxylation is 1. The third-order valence-electron chi connectivity index (χ3n) is 3.30. The number of amides is 2. The first kappa shape index (κ1) is 17.5. The molecule has 2 amide bonds. The lowest BCUT2D eigenvalue weighted by Crippen LogP contribution is -2.33. The van der Waals surface area contributed by atoms with Gasteiger partial charge in [0.1, 0.15) is 11.6 Å². The molecule has 126 valence electrons. The van der Waals surface area contributed by atoms with Crippen LogP contribution in [0.25, 0.3) is 0 Å². The molecule has 0 saturated carbocycles. The zero-order valence-corrected chi connectivity index (χ0v) is 13.6. The Hall–Kier alpha value is -2.89. The summed E-state index contributed by atoms with van der Waals surface area (Å²) in [4.78, 5) is 24.1. The Labute approximate surface area is 139 Å². The van der Waals surface area contributed by atoms with Crippen LogP contribution in [0.5, 0.6) is 5.75 Å². The summed E-state index contributed by atoms with van der Waals surface area (Å²) in [6, 6.07) is 10.9. The summed E-state index contributed by atoms with van der Waals surface area (Å²) in [5.74, 6) is -0.699. The van der Waals surface area contributed by atoms with E-state index < -0.39 is 11.8 Å². The Morgan fingerprint density at radius 3 is 2.62 bits per heavy atom. The van der Waals surface area contributed by atoms with Crippen LogP contribution in [0.15, 0.2) is 42.5 Å². The molecule has 0 fully saturated rings. The van der Waals surface area contributed by atoms with Gasteiger partial charge in [0, 0.05) is 5.69 Å². The molecule has 0 atom stereocenters. The summed E-state index contributed by atoms with van der Waals surface area (Å²) in [5, 5.41) is 5.18. The number of ether oxygens (including phenoxy) is 1. The summed E-state index contributed by atoms with van der Waals surface area (Å²) < 4.78 is 18.4. The van der Waals surface area contributed by atoms with E-state index in [0.717, 1.165) is 0 Å². The van der Waals surface area contributed by atoms with Gasteiger partial charge in [-0.3, -0.25) is 9.59 Å². The average molecular weight is 330 g/mol. The Kier molecular flexibility index (Phi) is 5.89. The molecule has 0 heterocycles. The number of anilines is 1. The topological polar surface area (TPSA) is 67.4 Å². The van der Waals surface area contributed by atoms with Gasteiger partial charge in [-0.1, -0.05) is 12.1 Å². The van der Waals surface area contributed by atoms with E-state index in [1.807, 2.05) is 6.92 Å². The number of rotatable bonds is 6. The van der Waals surface area contributed by atoms with Crippen LogP contribution in [-0.4, -0.2) is 25.0 Å². The SMILES string of the molecule is CCOc1ccccc1C(=O)NCC(=O)Nc1ccc(F)cc1C. The Morgan fingerprint density at radius 1 is 1.17 bits per heavy atom. The smallest absolute Gasteiger partial charge is 0.255 e. The largest absolute Gasteiger partial charge is 0.493 e. The van der Waals surface area contributed by atoms with Crippen LogP contribution in [0, 0.1) is 12.7 Å². The minimum atomic E-state index is -0.398. The zero-order chi connectivity index (χ0) is 17.5. The Morgan fingerprint density at radius 2 is 1.92 bits per heavy atom. The van der Waals surface area contributed by atoms with Crippen LogP contribution in [0.4, 0.5) is 10.1 Å². The van der Waals surface area contributed by atoms with Crippen LogP contribution in [0.2, 0.25) is 0 Å². The number of para-hydroxylation sites is 1. The van der Waals surface area contributed by atoms with E-state index in [2.05, 4.69) is 10.6 Å². The van der Waals surface area contributed by atoms with Gasteiger partial charge in [-0.15, -0.1) is 0 Å². The van der Waals surface area contributed by atoms with Gasteiger partial charge in [-0.05, 0) is 49.7 Å². The van der Waals surface area contributed by atoms with Gasteiger partial charge >= 0.3 is 0 Å². The van der Waals surface area contributed by atoms with Crippen molar-refractivity contribution < 1.29 is 18.7 Å². The van der Waals surface area contributed by atoms with Crippen molar-refractivity contribution in [3.63, 3.8) is 0 Å². The molecule has 6 heteroatoms. The van der Waals surface area contributed by atoms with Crippen LogP contribution < -0.4 is 15.4 Å². The van der Waals surface area contributed by atoms with Gasteiger partial charge in [0.2, 0.25) is 5.91 Å². The lowest BCUT2D eigenvalue weighted by molar-refractivity contribution is -0.115. The molecule has 2 aromatic rings. The third kappa shape index (κ3) is 4.55. The molecule has 0 spiro atoms. The summed E-state index contributed by atoms with van der Waals surface area (Å²) in [5.41, 5.74) is 1.48. The number of carbonyl (C=O) groups excluding carboxylic acids is 2. The first-order valence-electron chi connectivity index (χ1n) is 7.57. The number of benzene rings is 2. The summed E-state index contributed by atoms with van der Waals surface area (Å²) in [6.45, 7) is 3.76. The second kappa shape index (κ2) is 8.10. The maximum atomic E-state index is 13.0. The predicted molar refractivity (Wildman–Crippen MR) is 89.7 cm³/mol. The number of hydrogen-bond acceptors (Lipinski definition) is 3. The molecule has 0 radical (unpaired) electrons. The van der Waals surface area contributed by atoms with Crippen molar-refractivity contribution in [1.29, 1.82) is 0 Å². The maximum Gasteiger partial charge on any atom is 0.255 e. The highest BCUT2D eigenvalue weighted by Gasteiger charge is 2.13. The van der Waals surface area contributed by atoms with Gasteiger partial charge in [0.25, 0.3) is 5.91 Å². The van der Waals surface area contributed by atoms with E-state index in [-0.39, 0.29) is 12.4 Å². The molecule has 0 saturated heterocycles. The third-order valence-corrected chi connectivity index (χ3v) is 3.30. The maximum absolute atomic E-state index is 13.0. The molecule has 0 aromatic heterocycles. The van der Waals surface area contributed by atoms with Crippen LogP contribution in [-0.2, 0) is 4.79 Å². The second-order valence-electron chi connectivity index (χ2n) is 5.12. The Bertz CT molecular complexity index is 747. The van der Waals surface area contributed by atoms with Gasteiger partial charge < -0.3 is 15.4 Å². The van der Waals surface area contributed by atoms with E-state index in [0.29, 0.717) is 29.2 Å². The highest BCUT2D eigenvalue weighted by Crippen LogP contribution is 2.18. The zero-order valence-electron chi connectivity index (χ0n) is 13.6. The molecule has 5 nitrogen and oxygen atoms in total. The van der Waals surface area contributed by atoms with Crippen molar-refractivity contribution in [2.24, 2.45) is 0 Å². The molecule has 2 N–H and O–H groups in total. The van der Waals surface area contributed by atoms with E-state index in [1.54, 1.807) is 31.2 Å². The molecule has 2 rings (SSSR count). The molecule has 0 unspecified atom stereocenters. The molecule has 0 bridgehead atoms. The number of carbonyl (C=O) groups is 2. The van der Waals surface area contributed by atoms with Crippen molar-refractivity contribution in [2.45, 2.75) is 13.8 Å². The van der Waals surface area contributed by atoms with E-state index in [1.165, 1.54) is 18.2 Å². The monoisotopic (exact) mass is 330 g/mol. The fraction of sp³-hybridized carbons (Fsp3) is 0.222. The fourth-order valence-electron chi connectivity index (χ4n) is 2.15. The standard InChI is InChI=1S/C18H19FN2O3/c1-3-24-16-7-5-4-6-14(16)18(23)20-11-17(22)21-15-9-8-13(19)10-12(15)2/h4-10H,3,11H2,1-2H3,(H,20,23)(H,21,22). The van der Waals surface area contributed by atoms with Crippen LogP contribution in [0.1, 0.15) is 22.8 Å². The van der Waals surface area contributed by atoms with Crippen molar-refractivity contribution in [2.75, 3.05) is 18.5 Å². The highest BCUT2D eigenvalue weighted by molar-refractivity contribution is 6.01. The molecule has 24 heavy (non-hydrogen) atoms. The summed E-state index contributed by atoms with van der Waals surface area (Å²) in [7, 11) is 0. The fourth-order valence-corrected chi connectivity index (χ4v) is 2.15. The van der Waals surface area contributed by atoms with Crippen molar-refractivity contribution in [3.8, 4) is 5.75 Å². The van der Waals surface area contributed by atoms with Gasteiger partial charge in [0.05, 0.1) is 18.7 Å².